The molecule has 0 unspecified atom stereocenters. The van der Waals surface area contributed by atoms with Crippen LogP contribution >= 0.6 is 28.1 Å². The SMILES string of the molecule is CCN(CC)C(=O)Cn1cc(C=C2C(=O)NC(=S)N(C)C2=O)c2cc(Br)ccc21. The first-order valence-electron chi connectivity index (χ1n) is 9.18. The van der Waals surface area contributed by atoms with Crippen molar-refractivity contribution in [3.05, 3.63) is 40.0 Å². The van der Waals surface area contributed by atoms with Gasteiger partial charge in [-0.2, -0.15) is 0 Å². The van der Waals surface area contributed by atoms with E-state index in [2.05, 4.69) is 21.2 Å². The van der Waals surface area contributed by atoms with E-state index in [-0.39, 0.29) is 23.1 Å². The number of rotatable bonds is 5. The number of hydrogen-bond acceptors (Lipinski definition) is 4. The van der Waals surface area contributed by atoms with Gasteiger partial charge in [0.25, 0.3) is 11.8 Å². The molecule has 152 valence electrons. The molecule has 3 rings (SSSR count). The number of aromatic nitrogens is 1. The molecule has 29 heavy (non-hydrogen) atoms. The Morgan fingerprint density at radius 3 is 2.62 bits per heavy atom. The highest BCUT2D eigenvalue weighted by Gasteiger charge is 2.31. The molecule has 3 amide bonds. The minimum Gasteiger partial charge on any atom is -0.342 e. The lowest BCUT2D eigenvalue weighted by atomic mass is 10.1. The molecule has 2 heterocycles. The molecule has 1 N–H and O–H groups in total. The lowest BCUT2D eigenvalue weighted by Crippen LogP contribution is -2.52. The summed E-state index contributed by atoms with van der Waals surface area (Å²) in [6, 6.07) is 5.70. The summed E-state index contributed by atoms with van der Waals surface area (Å²) in [7, 11) is 1.51. The average molecular weight is 477 g/mol. The third-order valence-electron chi connectivity index (χ3n) is 4.90. The zero-order valence-corrected chi connectivity index (χ0v) is 18.8. The summed E-state index contributed by atoms with van der Waals surface area (Å²) in [6.45, 7) is 5.33. The minimum absolute atomic E-state index is 0.00445. The molecule has 1 aromatic carbocycles. The zero-order valence-electron chi connectivity index (χ0n) is 16.4. The molecule has 1 saturated heterocycles. The van der Waals surface area contributed by atoms with Crippen LogP contribution in [0, 0.1) is 0 Å². The Hall–Kier alpha value is -2.52. The van der Waals surface area contributed by atoms with Gasteiger partial charge in [0.15, 0.2) is 5.11 Å². The number of nitrogens with zero attached hydrogens (tertiary/aromatic N) is 3. The van der Waals surface area contributed by atoms with Crippen LogP contribution in [0.3, 0.4) is 0 Å². The van der Waals surface area contributed by atoms with Gasteiger partial charge in [0.2, 0.25) is 5.91 Å². The Morgan fingerprint density at radius 2 is 1.97 bits per heavy atom. The Bertz CT molecular complexity index is 1060. The van der Waals surface area contributed by atoms with Crippen molar-refractivity contribution in [2.24, 2.45) is 0 Å². The number of carbonyl (C=O) groups excluding carboxylic acids is 3. The molecule has 0 aliphatic carbocycles. The van der Waals surface area contributed by atoms with Crippen LogP contribution < -0.4 is 5.32 Å². The number of amides is 3. The molecule has 1 aliphatic heterocycles. The van der Waals surface area contributed by atoms with E-state index in [9.17, 15) is 14.4 Å². The molecule has 0 saturated carbocycles. The standard InChI is InChI=1S/C20H21BrN4O3S/c1-4-24(5-2)17(26)11-25-10-12(14-9-13(21)6-7-16(14)25)8-15-18(27)22-20(29)23(3)19(15)28/h6-10H,4-5,11H2,1-3H3,(H,22,27,29). The highest BCUT2D eigenvalue weighted by atomic mass is 79.9. The van der Waals surface area contributed by atoms with Crippen LogP contribution in [0.5, 0.6) is 0 Å². The second kappa shape index (κ2) is 8.46. The van der Waals surface area contributed by atoms with Crippen molar-refractivity contribution in [3.63, 3.8) is 0 Å². The van der Waals surface area contributed by atoms with Crippen LogP contribution in [0.2, 0.25) is 0 Å². The number of benzene rings is 1. The van der Waals surface area contributed by atoms with Crippen LogP contribution in [0.25, 0.3) is 17.0 Å². The van der Waals surface area contributed by atoms with Crippen molar-refractivity contribution < 1.29 is 14.4 Å². The predicted octanol–water partition coefficient (Wildman–Crippen LogP) is 2.53. The third-order valence-corrected chi connectivity index (χ3v) is 5.77. The summed E-state index contributed by atoms with van der Waals surface area (Å²) in [6.07, 6.45) is 3.34. The highest BCUT2D eigenvalue weighted by Crippen LogP contribution is 2.28. The fourth-order valence-electron chi connectivity index (χ4n) is 3.27. The van der Waals surface area contributed by atoms with Crippen LogP contribution in [0.15, 0.2) is 34.4 Å². The van der Waals surface area contributed by atoms with Crippen molar-refractivity contribution >= 4 is 68.0 Å². The van der Waals surface area contributed by atoms with E-state index >= 15 is 0 Å². The Kier molecular flexibility index (Phi) is 6.18. The number of carbonyl (C=O) groups is 3. The van der Waals surface area contributed by atoms with Gasteiger partial charge in [0.05, 0.1) is 0 Å². The molecule has 1 fully saturated rings. The maximum Gasteiger partial charge on any atom is 0.265 e. The van der Waals surface area contributed by atoms with Crippen molar-refractivity contribution in [1.82, 2.24) is 19.7 Å². The third kappa shape index (κ3) is 4.11. The summed E-state index contributed by atoms with van der Waals surface area (Å²) in [5.74, 6) is -0.993. The predicted molar refractivity (Wildman–Crippen MR) is 119 cm³/mol. The van der Waals surface area contributed by atoms with E-state index in [1.54, 1.807) is 17.2 Å². The second-order valence-corrected chi connectivity index (χ2v) is 7.92. The van der Waals surface area contributed by atoms with Gasteiger partial charge >= 0.3 is 0 Å². The first-order valence-corrected chi connectivity index (χ1v) is 10.4. The van der Waals surface area contributed by atoms with Gasteiger partial charge in [-0.15, -0.1) is 0 Å². The number of hydrogen-bond donors (Lipinski definition) is 1. The van der Waals surface area contributed by atoms with Crippen LogP contribution in [0.4, 0.5) is 0 Å². The maximum atomic E-state index is 12.6. The number of thiocarbonyl (C=S) groups is 1. The lowest BCUT2D eigenvalue weighted by molar-refractivity contribution is -0.131. The fraction of sp³-hybridized carbons (Fsp3) is 0.300. The minimum atomic E-state index is -0.534. The van der Waals surface area contributed by atoms with Gasteiger partial charge < -0.3 is 9.47 Å². The maximum absolute atomic E-state index is 12.6. The molecule has 0 atom stereocenters. The average Bonchev–Trinajstić information content (AvgIpc) is 3.00. The van der Waals surface area contributed by atoms with Crippen molar-refractivity contribution in [3.8, 4) is 0 Å². The monoisotopic (exact) mass is 476 g/mol. The quantitative estimate of drug-likeness (QED) is 0.408. The first kappa shape index (κ1) is 21.2. The molecule has 1 aliphatic rings. The fourth-order valence-corrected chi connectivity index (χ4v) is 3.80. The van der Waals surface area contributed by atoms with Crippen molar-refractivity contribution in [2.75, 3.05) is 20.1 Å². The molecular formula is C20H21BrN4O3S. The molecule has 0 spiro atoms. The largest absolute Gasteiger partial charge is 0.342 e. The van der Waals surface area contributed by atoms with Crippen LogP contribution in [-0.4, -0.2) is 57.3 Å². The Morgan fingerprint density at radius 1 is 1.28 bits per heavy atom. The summed E-state index contributed by atoms with van der Waals surface area (Å²) in [4.78, 5) is 40.5. The molecule has 0 radical (unpaired) electrons. The van der Waals surface area contributed by atoms with Gasteiger partial charge in [0.1, 0.15) is 12.1 Å². The zero-order chi connectivity index (χ0) is 21.3. The Balaban J connectivity index is 2.08. The Labute approximate surface area is 182 Å². The number of fused-ring (bicyclic) bond motifs is 1. The lowest BCUT2D eigenvalue weighted by Gasteiger charge is -2.24. The molecular weight excluding hydrogens is 456 g/mol. The van der Waals surface area contributed by atoms with E-state index in [1.807, 2.05) is 36.6 Å². The first-order chi connectivity index (χ1) is 13.8. The van der Waals surface area contributed by atoms with E-state index in [1.165, 1.54) is 11.9 Å². The van der Waals surface area contributed by atoms with E-state index in [4.69, 9.17) is 12.2 Å². The molecule has 9 heteroatoms. The van der Waals surface area contributed by atoms with Gasteiger partial charge in [-0.25, -0.2) is 0 Å². The normalized spacial score (nSPS) is 15.9. The molecule has 2 aromatic rings. The van der Waals surface area contributed by atoms with Crippen molar-refractivity contribution in [1.29, 1.82) is 0 Å². The second-order valence-electron chi connectivity index (χ2n) is 6.62. The summed E-state index contributed by atoms with van der Waals surface area (Å²) < 4.78 is 2.70. The van der Waals surface area contributed by atoms with Gasteiger partial charge in [-0.05, 0) is 50.3 Å². The van der Waals surface area contributed by atoms with E-state index in [0.29, 0.717) is 18.7 Å². The van der Waals surface area contributed by atoms with Gasteiger partial charge in [0, 0.05) is 47.3 Å². The number of likely N-dealkylation sites (N-methyl/N-ethyl adjacent to an activating group) is 2. The molecule has 7 nitrogen and oxygen atoms in total. The summed E-state index contributed by atoms with van der Waals surface area (Å²) >= 11 is 8.45. The summed E-state index contributed by atoms with van der Waals surface area (Å²) in [5.41, 5.74) is 1.51. The van der Waals surface area contributed by atoms with Crippen LogP contribution in [0.1, 0.15) is 19.4 Å². The molecule has 1 aromatic heterocycles. The van der Waals surface area contributed by atoms with E-state index in [0.717, 1.165) is 15.4 Å². The number of halogens is 1. The van der Waals surface area contributed by atoms with Gasteiger partial charge in [-0.1, -0.05) is 15.9 Å². The molecule has 0 bridgehead atoms. The smallest absolute Gasteiger partial charge is 0.265 e. The topological polar surface area (TPSA) is 74.7 Å². The van der Waals surface area contributed by atoms with Crippen molar-refractivity contribution in [2.45, 2.75) is 20.4 Å². The van der Waals surface area contributed by atoms with E-state index < -0.39 is 11.8 Å². The number of nitrogens with one attached hydrogen (secondary N) is 1. The summed E-state index contributed by atoms with van der Waals surface area (Å²) in [5, 5.41) is 3.42. The van der Waals surface area contributed by atoms with Gasteiger partial charge in [-0.3, -0.25) is 24.6 Å². The van der Waals surface area contributed by atoms with Crippen LogP contribution in [-0.2, 0) is 20.9 Å². The highest BCUT2D eigenvalue weighted by molar-refractivity contribution is 9.10.